The highest BCUT2D eigenvalue weighted by Crippen LogP contribution is 2.22. The summed E-state index contributed by atoms with van der Waals surface area (Å²) in [6, 6.07) is -0.177. The van der Waals surface area contributed by atoms with Crippen molar-refractivity contribution < 1.29 is 9.90 Å². The maximum absolute atomic E-state index is 12.5. The predicted molar refractivity (Wildman–Crippen MR) is 77.9 cm³/mol. The lowest BCUT2D eigenvalue weighted by Gasteiger charge is -2.38. The van der Waals surface area contributed by atoms with Gasteiger partial charge in [0.25, 0.3) is 0 Å². The zero-order chi connectivity index (χ0) is 14.8. The van der Waals surface area contributed by atoms with Crippen molar-refractivity contribution >= 4 is 5.91 Å². The van der Waals surface area contributed by atoms with Crippen LogP contribution >= 0.6 is 0 Å². The molecule has 0 bridgehead atoms. The molecule has 0 aromatic carbocycles. The van der Waals surface area contributed by atoms with Gasteiger partial charge < -0.3 is 10.0 Å². The molecule has 4 nitrogen and oxygen atoms in total. The number of amides is 1. The van der Waals surface area contributed by atoms with Gasteiger partial charge in [0.15, 0.2) is 0 Å². The highest BCUT2D eigenvalue weighted by molar-refractivity contribution is 5.81. The normalized spacial score (nSPS) is 26.6. The Hall–Kier alpha value is -0.610. The number of likely N-dealkylation sites (N-methyl/N-ethyl adjacent to an activating group) is 1. The monoisotopic (exact) mass is 270 g/mol. The lowest BCUT2D eigenvalue weighted by Crippen LogP contribution is -2.52. The molecule has 4 heteroatoms. The molecule has 0 aliphatic carbocycles. The minimum atomic E-state index is -0.772. The van der Waals surface area contributed by atoms with Crippen LogP contribution in [-0.2, 0) is 4.79 Å². The van der Waals surface area contributed by atoms with Crippen molar-refractivity contribution in [3.8, 4) is 0 Å². The summed E-state index contributed by atoms with van der Waals surface area (Å²) in [4.78, 5) is 16.4. The van der Waals surface area contributed by atoms with Crippen molar-refractivity contribution in [3.63, 3.8) is 0 Å². The van der Waals surface area contributed by atoms with E-state index in [0.717, 1.165) is 13.1 Å². The smallest absolute Gasteiger partial charge is 0.239 e. The average Bonchev–Trinajstić information content (AvgIpc) is 2.23. The van der Waals surface area contributed by atoms with Gasteiger partial charge in [0, 0.05) is 19.6 Å². The van der Waals surface area contributed by atoms with Crippen LogP contribution in [-0.4, -0.2) is 59.1 Å². The van der Waals surface area contributed by atoms with Gasteiger partial charge in [-0.15, -0.1) is 0 Å². The van der Waals surface area contributed by atoms with Crippen LogP contribution < -0.4 is 0 Å². The van der Waals surface area contributed by atoms with Gasteiger partial charge in [-0.2, -0.15) is 0 Å². The first kappa shape index (κ1) is 16.4. The molecule has 1 N–H and O–H groups in total. The summed E-state index contributed by atoms with van der Waals surface area (Å²) >= 11 is 0. The van der Waals surface area contributed by atoms with Gasteiger partial charge in [-0.25, -0.2) is 0 Å². The Labute approximate surface area is 117 Å². The maximum atomic E-state index is 12.5. The Balaban J connectivity index is 2.61. The third-order valence-electron chi connectivity index (χ3n) is 3.84. The zero-order valence-corrected chi connectivity index (χ0v) is 13.3. The molecule has 1 amide bonds. The number of piperidine rings is 1. The maximum Gasteiger partial charge on any atom is 0.239 e. The Kier molecular flexibility index (Phi) is 5.39. The second kappa shape index (κ2) is 6.23. The van der Waals surface area contributed by atoms with Gasteiger partial charge >= 0.3 is 0 Å². The molecule has 0 aromatic heterocycles. The van der Waals surface area contributed by atoms with E-state index in [1.54, 1.807) is 13.8 Å². The fourth-order valence-corrected chi connectivity index (χ4v) is 3.04. The van der Waals surface area contributed by atoms with Crippen LogP contribution in [0.1, 0.15) is 41.0 Å². The molecule has 112 valence electrons. The molecule has 1 heterocycles. The lowest BCUT2D eigenvalue weighted by atomic mass is 9.91. The van der Waals surface area contributed by atoms with Crippen LogP contribution in [0.2, 0.25) is 0 Å². The molecule has 19 heavy (non-hydrogen) atoms. The van der Waals surface area contributed by atoms with E-state index >= 15 is 0 Å². The average molecular weight is 270 g/mol. The molecule has 0 saturated carbocycles. The SMILES string of the molecule is CC1CC(C)CN(C(=O)C(C)N(C)CC(C)(C)O)C1. The molecule has 3 atom stereocenters. The van der Waals surface area contributed by atoms with Crippen LogP contribution in [0.4, 0.5) is 0 Å². The second-order valence-corrected chi connectivity index (χ2v) is 7.09. The fourth-order valence-electron chi connectivity index (χ4n) is 3.04. The lowest BCUT2D eigenvalue weighted by molar-refractivity contribution is -0.139. The molecule has 0 spiro atoms. The van der Waals surface area contributed by atoms with E-state index in [-0.39, 0.29) is 11.9 Å². The number of likely N-dealkylation sites (tertiary alicyclic amines) is 1. The molecule has 1 aliphatic heterocycles. The van der Waals surface area contributed by atoms with E-state index in [1.165, 1.54) is 6.42 Å². The Morgan fingerprint density at radius 2 is 1.84 bits per heavy atom. The van der Waals surface area contributed by atoms with E-state index in [4.69, 9.17) is 0 Å². The number of hydrogen-bond donors (Lipinski definition) is 1. The molecule has 0 aromatic rings. The standard InChI is InChI=1S/C15H30N2O2/c1-11-7-12(2)9-17(8-11)14(18)13(3)16(6)10-15(4,5)19/h11-13,19H,7-10H2,1-6H3. The molecule has 0 radical (unpaired) electrons. The van der Waals surface area contributed by atoms with E-state index in [9.17, 15) is 9.90 Å². The highest BCUT2D eigenvalue weighted by Gasteiger charge is 2.31. The van der Waals surface area contributed by atoms with Crippen LogP contribution in [0.25, 0.3) is 0 Å². The third-order valence-corrected chi connectivity index (χ3v) is 3.84. The topological polar surface area (TPSA) is 43.8 Å². The van der Waals surface area contributed by atoms with Crippen molar-refractivity contribution in [3.05, 3.63) is 0 Å². The van der Waals surface area contributed by atoms with Crippen molar-refractivity contribution in [2.45, 2.75) is 52.7 Å². The molecular formula is C15H30N2O2. The zero-order valence-electron chi connectivity index (χ0n) is 13.3. The quantitative estimate of drug-likeness (QED) is 0.843. The van der Waals surface area contributed by atoms with E-state index in [2.05, 4.69) is 13.8 Å². The summed E-state index contributed by atoms with van der Waals surface area (Å²) in [5.74, 6) is 1.35. The first-order valence-electron chi connectivity index (χ1n) is 7.31. The first-order chi connectivity index (χ1) is 8.60. The van der Waals surface area contributed by atoms with Gasteiger partial charge in [0.2, 0.25) is 5.91 Å². The minimum Gasteiger partial charge on any atom is -0.389 e. The molecular weight excluding hydrogens is 240 g/mol. The van der Waals surface area contributed by atoms with Crippen molar-refractivity contribution in [2.24, 2.45) is 11.8 Å². The third kappa shape index (κ3) is 5.11. The van der Waals surface area contributed by atoms with Gasteiger partial charge in [0.1, 0.15) is 0 Å². The second-order valence-electron chi connectivity index (χ2n) is 7.09. The minimum absolute atomic E-state index is 0.177. The van der Waals surface area contributed by atoms with Gasteiger partial charge in [0.05, 0.1) is 11.6 Å². The Morgan fingerprint density at radius 3 is 2.26 bits per heavy atom. The van der Waals surface area contributed by atoms with Gasteiger partial charge in [-0.05, 0) is 46.1 Å². The largest absolute Gasteiger partial charge is 0.389 e. The van der Waals surface area contributed by atoms with Gasteiger partial charge in [-0.3, -0.25) is 9.69 Å². The van der Waals surface area contributed by atoms with Crippen molar-refractivity contribution in [2.75, 3.05) is 26.7 Å². The molecule has 1 saturated heterocycles. The number of nitrogens with zero attached hydrogens (tertiary/aromatic N) is 2. The van der Waals surface area contributed by atoms with Crippen LogP contribution in [0.3, 0.4) is 0 Å². The Morgan fingerprint density at radius 1 is 1.37 bits per heavy atom. The summed E-state index contributed by atoms with van der Waals surface area (Å²) in [5, 5.41) is 9.85. The number of carbonyl (C=O) groups excluding carboxylic acids is 1. The molecule has 1 aliphatic rings. The van der Waals surface area contributed by atoms with Crippen LogP contribution in [0, 0.1) is 11.8 Å². The number of hydrogen-bond acceptors (Lipinski definition) is 3. The van der Waals surface area contributed by atoms with Gasteiger partial charge in [-0.1, -0.05) is 13.8 Å². The summed E-state index contributed by atoms with van der Waals surface area (Å²) in [5.41, 5.74) is -0.772. The summed E-state index contributed by atoms with van der Waals surface area (Å²) in [6.45, 7) is 12.1. The van der Waals surface area contributed by atoms with Crippen molar-refractivity contribution in [1.29, 1.82) is 0 Å². The molecule has 1 fully saturated rings. The Bertz CT molecular complexity index is 302. The predicted octanol–water partition coefficient (Wildman–Crippen LogP) is 1.58. The van der Waals surface area contributed by atoms with E-state index < -0.39 is 5.60 Å². The van der Waals surface area contributed by atoms with E-state index in [1.807, 2.05) is 23.8 Å². The summed E-state index contributed by atoms with van der Waals surface area (Å²) in [6.07, 6.45) is 1.21. The number of carbonyl (C=O) groups is 1. The summed E-state index contributed by atoms with van der Waals surface area (Å²) in [7, 11) is 1.90. The van der Waals surface area contributed by atoms with Crippen LogP contribution in [0.5, 0.6) is 0 Å². The van der Waals surface area contributed by atoms with Crippen molar-refractivity contribution in [1.82, 2.24) is 9.80 Å². The first-order valence-corrected chi connectivity index (χ1v) is 7.31. The fraction of sp³-hybridized carbons (Fsp3) is 0.933. The summed E-state index contributed by atoms with van der Waals surface area (Å²) < 4.78 is 0. The molecule has 3 unspecified atom stereocenters. The molecule has 1 rings (SSSR count). The van der Waals surface area contributed by atoms with E-state index in [0.29, 0.717) is 18.4 Å². The highest BCUT2D eigenvalue weighted by atomic mass is 16.3. The number of rotatable bonds is 4. The van der Waals surface area contributed by atoms with Crippen LogP contribution in [0.15, 0.2) is 0 Å². The number of aliphatic hydroxyl groups is 1.